The molecule has 0 aliphatic rings. The second-order valence-electron chi connectivity index (χ2n) is 6.31. The molecule has 0 aromatic carbocycles. The zero-order valence-electron chi connectivity index (χ0n) is 15.7. The van der Waals surface area contributed by atoms with E-state index in [9.17, 15) is 4.79 Å². The number of anilines is 1. The number of hydrogen-bond acceptors (Lipinski definition) is 8. The number of aromatic nitrogens is 5. The van der Waals surface area contributed by atoms with Crippen LogP contribution in [0.3, 0.4) is 0 Å². The van der Waals surface area contributed by atoms with Crippen LogP contribution in [0, 0.1) is 6.92 Å². The van der Waals surface area contributed by atoms with E-state index in [1.165, 1.54) is 28.0 Å². The largest absolute Gasteiger partial charge is 0.302 e. The van der Waals surface area contributed by atoms with Gasteiger partial charge in [0.15, 0.2) is 11.0 Å². The molecular weight excluding hydrogens is 400 g/mol. The third kappa shape index (κ3) is 4.94. The van der Waals surface area contributed by atoms with E-state index in [4.69, 9.17) is 0 Å². The quantitative estimate of drug-likeness (QED) is 0.541. The highest BCUT2D eigenvalue weighted by Crippen LogP contribution is 2.31. The summed E-state index contributed by atoms with van der Waals surface area (Å²) in [5.74, 6) is 1.48. The first-order valence-corrected chi connectivity index (χ1v) is 11.4. The molecule has 7 nitrogen and oxygen atoms in total. The number of nitrogens with one attached hydrogen (secondary N) is 1. The van der Waals surface area contributed by atoms with Gasteiger partial charge in [-0.15, -0.1) is 31.7 Å². The van der Waals surface area contributed by atoms with Crippen molar-refractivity contribution in [2.24, 2.45) is 0 Å². The van der Waals surface area contributed by atoms with Crippen LogP contribution in [-0.2, 0) is 11.3 Å². The molecule has 3 rings (SSSR count). The van der Waals surface area contributed by atoms with Crippen LogP contribution in [0.2, 0.25) is 0 Å². The van der Waals surface area contributed by atoms with Crippen LogP contribution >= 0.6 is 34.4 Å². The van der Waals surface area contributed by atoms with E-state index in [0.717, 1.165) is 34.5 Å². The van der Waals surface area contributed by atoms with Crippen LogP contribution in [-0.4, -0.2) is 36.6 Å². The molecule has 3 heterocycles. The normalized spacial score (nSPS) is 11.3. The minimum Gasteiger partial charge on any atom is -0.302 e. The van der Waals surface area contributed by atoms with E-state index in [0.29, 0.717) is 11.0 Å². The highest BCUT2D eigenvalue weighted by molar-refractivity contribution is 7.99. The standard InChI is InChI=1S/C17H22N6OS3/c1-5-6-23-15(12-7-13(10(2)3)25-8-12)20-22-17(23)26-9-14(24)18-16-21-19-11(4)27-16/h7-8,10H,5-6,9H2,1-4H3,(H,18,21,24). The van der Waals surface area contributed by atoms with Crippen LogP contribution in [0.5, 0.6) is 0 Å². The van der Waals surface area contributed by atoms with Crippen molar-refractivity contribution in [3.8, 4) is 11.4 Å². The molecule has 0 aliphatic carbocycles. The maximum Gasteiger partial charge on any atom is 0.236 e. The number of aryl methyl sites for hydroxylation is 1. The number of carbonyl (C=O) groups is 1. The van der Waals surface area contributed by atoms with Crippen molar-refractivity contribution in [2.75, 3.05) is 11.1 Å². The van der Waals surface area contributed by atoms with Gasteiger partial charge in [0, 0.05) is 22.4 Å². The summed E-state index contributed by atoms with van der Waals surface area (Å²) >= 11 is 4.49. The van der Waals surface area contributed by atoms with E-state index < -0.39 is 0 Å². The van der Waals surface area contributed by atoms with Crippen LogP contribution in [0.4, 0.5) is 5.13 Å². The predicted molar refractivity (Wildman–Crippen MR) is 112 cm³/mol. The Morgan fingerprint density at radius 2 is 2.11 bits per heavy atom. The van der Waals surface area contributed by atoms with Gasteiger partial charge in [-0.2, -0.15) is 0 Å². The Labute approximate surface area is 170 Å². The molecule has 1 N–H and O–H groups in total. The molecule has 1 amide bonds. The summed E-state index contributed by atoms with van der Waals surface area (Å²) < 4.78 is 2.10. The predicted octanol–water partition coefficient (Wildman–Crippen LogP) is 4.43. The molecule has 3 aromatic rings. The summed E-state index contributed by atoms with van der Waals surface area (Å²) in [6.07, 6.45) is 0.968. The van der Waals surface area contributed by atoms with Crippen LogP contribution in [0.25, 0.3) is 11.4 Å². The number of rotatable bonds is 8. The van der Waals surface area contributed by atoms with Gasteiger partial charge in [0.25, 0.3) is 0 Å². The van der Waals surface area contributed by atoms with Gasteiger partial charge in [-0.25, -0.2) is 0 Å². The van der Waals surface area contributed by atoms with Crippen LogP contribution < -0.4 is 5.32 Å². The van der Waals surface area contributed by atoms with Crippen molar-refractivity contribution in [3.05, 3.63) is 21.3 Å². The van der Waals surface area contributed by atoms with Gasteiger partial charge in [0.05, 0.1) is 5.75 Å². The average molecular weight is 423 g/mol. The summed E-state index contributed by atoms with van der Waals surface area (Å²) in [4.78, 5) is 13.5. The van der Waals surface area contributed by atoms with Crippen molar-refractivity contribution < 1.29 is 4.79 Å². The molecule has 0 radical (unpaired) electrons. The fourth-order valence-electron chi connectivity index (χ4n) is 2.44. The molecule has 0 saturated heterocycles. The SMILES string of the molecule is CCCn1c(SCC(=O)Nc2nnc(C)s2)nnc1-c1csc(C(C)C)c1. The Kier molecular flexibility index (Phi) is 6.61. The first-order chi connectivity index (χ1) is 13.0. The van der Waals surface area contributed by atoms with Crippen molar-refractivity contribution in [3.63, 3.8) is 0 Å². The van der Waals surface area contributed by atoms with Crippen molar-refractivity contribution in [2.45, 2.75) is 51.7 Å². The summed E-state index contributed by atoms with van der Waals surface area (Å²) in [7, 11) is 0. The fourth-order valence-corrected chi connectivity index (χ4v) is 4.72. The van der Waals surface area contributed by atoms with E-state index >= 15 is 0 Å². The summed E-state index contributed by atoms with van der Waals surface area (Å²) in [6.45, 7) is 9.16. The lowest BCUT2D eigenvalue weighted by molar-refractivity contribution is -0.113. The van der Waals surface area contributed by atoms with E-state index in [2.05, 4.69) is 62.5 Å². The first kappa shape index (κ1) is 20.0. The molecule has 0 atom stereocenters. The molecule has 0 saturated carbocycles. The van der Waals surface area contributed by atoms with Gasteiger partial charge in [0.2, 0.25) is 11.0 Å². The van der Waals surface area contributed by atoms with E-state index in [1.807, 2.05) is 6.92 Å². The molecule has 0 fully saturated rings. The number of thiophene rings is 1. The minimum atomic E-state index is -0.124. The summed E-state index contributed by atoms with van der Waals surface area (Å²) in [5, 5.41) is 23.5. The number of hydrogen-bond donors (Lipinski definition) is 1. The number of nitrogens with zero attached hydrogens (tertiary/aromatic N) is 5. The first-order valence-electron chi connectivity index (χ1n) is 8.72. The maximum atomic E-state index is 12.2. The Hall–Kier alpha value is -1.78. The van der Waals surface area contributed by atoms with Gasteiger partial charge >= 0.3 is 0 Å². The van der Waals surface area contributed by atoms with Crippen molar-refractivity contribution in [1.29, 1.82) is 0 Å². The molecule has 3 aromatic heterocycles. The van der Waals surface area contributed by atoms with Gasteiger partial charge in [0.1, 0.15) is 5.01 Å². The van der Waals surface area contributed by atoms with Crippen LogP contribution in [0.1, 0.15) is 43.0 Å². The van der Waals surface area contributed by atoms with Gasteiger partial charge < -0.3 is 4.57 Å². The molecule has 0 spiro atoms. The zero-order chi connectivity index (χ0) is 19.4. The molecule has 10 heteroatoms. The highest BCUT2D eigenvalue weighted by atomic mass is 32.2. The number of carbonyl (C=O) groups excluding carboxylic acids is 1. The Balaban J connectivity index is 1.71. The second kappa shape index (κ2) is 8.94. The monoisotopic (exact) mass is 422 g/mol. The van der Waals surface area contributed by atoms with Crippen LogP contribution in [0.15, 0.2) is 16.6 Å². The lowest BCUT2D eigenvalue weighted by Gasteiger charge is -2.08. The highest BCUT2D eigenvalue weighted by Gasteiger charge is 2.17. The van der Waals surface area contributed by atoms with Gasteiger partial charge in [-0.3, -0.25) is 10.1 Å². The van der Waals surface area contributed by atoms with Gasteiger partial charge in [-0.1, -0.05) is 43.9 Å². The average Bonchev–Trinajstić information content (AvgIpc) is 3.33. The molecule has 0 unspecified atom stereocenters. The number of amides is 1. The molecule has 144 valence electrons. The maximum absolute atomic E-state index is 12.2. The molecule has 0 aliphatic heterocycles. The zero-order valence-corrected chi connectivity index (χ0v) is 18.2. The van der Waals surface area contributed by atoms with Crippen molar-refractivity contribution in [1.82, 2.24) is 25.0 Å². The smallest absolute Gasteiger partial charge is 0.236 e. The Morgan fingerprint density at radius 3 is 2.74 bits per heavy atom. The summed E-state index contributed by atoms with van der Waals surface area (Å²) in [5.41, 5.74) is 1.09. The second-order valence-corrected chi connectivity index (χ2v) is 9.38. The molecular formula is C17H22N6OS3. The molecule has 0 bridgehead atoms. The topological polar surface area (TPSA) is 85.6 Å². The molecule has 27 heavy (non-hydrogen) atoms. The third-order valence-corrected chi connectivity index (χ3v) is 6.67. The van der Waals surface area contributed by atoms with E-state index in [1.54, 1.807) is 11.3 Å². The lowest BCUT2D eigenvalue weighted by Crippen LogP contribution is -2.14. The third-order valence-electron chi connectivity index (χ3n) is 3.72. The summed E-state index contributed by atoms with van der Waals surface area (Å²) in [6, 6.07) is 2.18. The van der Waals surface area contributed by atoms with E-state index in [-0.39, 0.29) is 11.7 Å². The minimum absolute atomic E-state index is 0.124. The Morgan fingerprint density at radius 1 is 1.30 bits per heavy atom. The number of thioether (sulfide) groups is 1. The lowest BCUT2D eigenvalue weighted by atomic mass is 10.1. The van der Waals surface area contributed by atoms with Crippen molar-refractivity contribution >= 4 is 45.5 Å². The fraction of sp³-hybridized carbons (Fsp3) is 0.471. The Bertz CT molecular complexity index is 914. The van der Waals surface area contributed by atoms with Gasteiger partial charge in [-0.05, 0) is 25.3 Å².